The predicted octanol–water partition coefficient (Wildman–Crippen LogP) is 3.02. The van der Waals surface area contributed by atoms with E-state index in [9.17, 15) is 9.90 Å². The lowest BCUT2D eigenvalue weighted by atomic mass is 10.1. The number of carboxylic acid groups (broad SMARTS) is 1. The van der Waals surface area contributed by atoms with Crippen LogP contribution in [0.1, 0.15) is 10.4 Å². The molecule has 8 nitrogen and oxygen atoms in total. The van der Waals surface area contributed by atoms with Crippen LogP contribution in [0.2, 0.25) is 0 Å². The van der Waals surface area contributed by atoms with E-state index in [0.717, 1.165) is 16.5 Å². The average Bonchev–Trinajstić information content (AvgIpc) is 2.72. The number of aromatic nitrogens is 3. The minimum atomic E-state index is -1.01. The van der Waals surface area contributed by atoms with E-state index in [1.54, 1.807) is 12.3 Å². The number of rotatable bonds is 6. The average molecular weight is 375 g/mol. The summed E-state index contributed by atoms with van der Waals surface area (Å²) in [6.07, 6.45) is 1.67. The van der Waals surface area contributed by atoms with E-state index in [0.29, 0.717) is 29.3 Å². The second-order valence-corrected chi connectivity index (χ2v) is 6.09. The number of carbonyl (C=O) groups is 1. The third-order valence-corrected chi connectivity index (χ3v) is 4.21. The summed E-state index contributed by atoms with van der Waals surface area (Å²) >= 11 is 0. The molecule has 2 aromatic carbocycles. The summed E-state index contributed by atoms with van der Waals surface area (Å²) in [5.74, 6) is -0.146. The van der Waals surface area contributed by atoms with E-state index in [1.165, 1.54) is 12.1 Å². The number of pyridine rings is 1. The molecule has 0 amide bonds. The first-order chi connectivity index (χ1) is 13.7. The maximum atomic E-state index is 11.3. The van der Waals surface area contributed by atoms with Gasteiger partial charge in [-0.15, -0.1) is 0 Å². The molecule has 0 fully saturated rings. The number of hydrogen-bond donors (Lipinski definition) is 4. The van der Waals surface area contributed by atoms with Gasteiger partial charge in [0.05, 0.1) is 17.7 Å². The van der Waals surface area contributed by atoms with Crippen molar-refractivity contribution in [1.82, 2.24) is 15.0 Å². The number of aliphatic hydroxyl groups is 1. The van der Waals surface area contributed by atoms with Gasteiger partial charge >= 0.3 is 5.97 Å². The third-order valence-electron chi connectivity index (χ3n) is 4.21. The van der Waals surface area contributed by atoms with Gasteiger partial charge in [-0.1, -0.05) is 24.3 Å². The van der Waals surface area contributed by atoms with E-state index < -0.39 is 5.97 Å². The molecule has 0 aliphatic heterocycles. The molecular weight excluding hydrogens is 358 g/mol. The third kappa shape index (κ3) is 3.40. The molecule has 0 aliphatic rings. The Kier molecular flexibility index (Phi) is 4.69. The van der Waals surface area contributed by atoms with Crippen molar-refractivity contribution in [3.8, 4) is 0 Å². The van der Waals surface area contributed by atoms with Crippen molar-refractivity contribution < 1.29 is 15.0 Å². The van der Waals surface area contributed by atoms with Gasteiger partial charge < -0.3 is 20.8 Å². The maximum absolute atomic E-state index is 11.3. The van der Waals surface area contributed by atoms with Crippen LogP contribution in [-0.4, -0.2) is 44.3 Å². The highest BCUT2D eigenvalue weighted by molar-refractivity contribution is 6.10. The van der Waals surface area contributed by atoms with Gasteiger partial charge in [0.1, 0.15) is 5.52 Å². The van der Waals surface area contributed by atoms with Gasteiger partial charge in [-0.3, -0.25) is 0 Å². The van der Waals surface area contributed by atoms with E-state index in [-0.39, 0.29) is 12.2 Å². The molecule has 0 bridgehead atoms. The first-order valence-corrected chi connectivity index (χ1v) is 8.66. The van der Waals surface area contributed by atoms with Gasteiger partial charge in [-0.2, -0.15) is 0 Å². The van der Waals surface area contributed by atoms with Crippen molar-refractivity contribution in [1.29, 1.82) is 0 Å². The predicted molar refractivity (Wildman–Crippen MR) is 107 cm³/mol. The van der Waals surface area contributed by atoms with Crippen molar-refractivity contribution in [2.75, 3.05) is 23.8 Å². The summed E-state index contributed by atoms with van der Waals surface area (Å²) in [7, 11) is 0. The molecule has 4 rings (SSSR count). The fraction of sp³-hybridized carbons (Fsp3) is 0.100. The van der Waals surface area contributed by atoms with Crippen LogP contribution in [0.5, 0.6) is 0 Å². The first-order valence-electron chi connectivity index (χ1n) is 8.66. The lowest BCUT2D eigenvalue weighted by Crippen LogP contribution is -2.09. The lowest BCUT2D eigenvalue weighted by Gasteiger charge is -2.12. The van der Waals surface area contributed by atoms with Crippen LogP contribution in [0.15, 0.2) is 54.7 Å². The molecule has 2 heterocycles. The zero-order chi connectivity index (χ0) is 19.5. The van der Waals surface area contributed by atoms with Gasteiger partial charge in [0.25, 0.3) is 0 Å². The summed E-state index contributed by atoms with van der Waals surface area (Å²) in [4.78, 5) is 24.8. The molecular formula is C20H17N5O3. The van der Waals surface area contributed by atoms with Crippen LogP contribution < -0.4 is 10.6 Å². The highest BCUT2D eigenvalue weighted by Gasteiger charge is 2.14. The zero-order valence-corrected chi connectivity index (χ0v) is 14.8. The van der Waals surface area contributed by atoms with Gasteiger partial charge in [-0.25, -0.2) is 19.7 Å². The van der Waals surface area contributed by atoms with Gasteiger partial charge in [0.15, 0.2) is 5.82 Å². The number of fused-ring (bicyclic) bond motifs is 3. The van der Waals surface area contributed by atoms with Crippen molar-refractivity contribution >= 4 is 45.2 Å². The Labute approximate surface area is 159 Å². The SMILES string of the molecule is O=C(O)c1ccc2c(c1)nc(Nc1ccccc1)c1nc(NCCO)ncc12. The molecule has 140 valence electrons. The van der Waals surface area contributed by atoms with Gasteiger partial charge in [0, 0.05) is 29.2 Å². The Hall–Kier alpha value is -3.78. The summed E-state index contributed by atoms with van der Waals surface area (Å²) in [5, 5.41) is 26.0. The number of nitrogens with one attached hydrogen (secondary N) is 2. The van der Waals surface area contributed by atoms with Crippen molar-refractivity contribution in [3.63, 3.8) is 0 Å². The molecule has 0 radical (unpaired) electrons. The Balaban J connectivity index is 1.93. The molecule has 8 heteroatoms. The molecule has 4 N–H and O–H groups in total. The van der Waals surface area contributed by atoms with Crippen LogP contribution in [-0.2, 0) is 0 Å². The van der Waals surface area contributed by atoms with E-state index >= 15 is 0 Å². The summed E-state index contributed by atoms with van der Waals surface area (Å²) < 4.78 is 0. The smallest absolute Gasteiger partial charge is 0.335 e. The minimum absolute atomic E-state index is 0.0372. The van der Waals surface area contributed by atoms with Crippen LogP contribution in [0.3, 0.4) is 0 Å². The Morgan fingerprint density at radius 1 is 1.04 bits per heavy atom. The Morgan fingerprint density at radius 3 is 2.61 bits per heavy atom. The fourth-order valence-electron chi connectivity index (χ4n) is 2.92. The van der Waals surface area contributed by atoms with Crippen LogP contribution in [0, 0.1) is 0 Å². The maximum Gasteiger partial charge on any atom is 0.335 e. The standard InChI is InChI=1S/C20H17N5O3/c26-9-8-21-20-22-11-15-14-7-6-12(19(27)28)10-16(14)24-18(17(15)25-20)23-13-4-2-1-3-5-13/h1-7,10-11,26H,8-9H2,(H,23,24)(H,27,28)(H,21,22,25). The summed E-state index contributed by atoms with van der Waals surface area (Å²) in [6.45, 7) is 0.292. The lowest BCUT2D eigenvalue weighted by molar-refractivity contribution is 0.0697. The van der Waals surface area contributed by atoms with Crippen molar-refractivity contribution in [3.05, 3.63) is 60.3 Å². The van der Waals surface area contributed by atoms with Crippen LogP contribution >= 0.6 is 0 Å². The van der Waals surface area contributed by atoms with E-state index in [2.05, 4.69) is 25.6 Å². The number of hydrogen-bond acceptors (Lipinski definition) is 7. The number of nitrogens with zero attached hydrogens (tertiary/aromatic N) is 3. The van der Waals surface area contributed by atoms with Crippen LogP contribution in [0.25, 0.3) is 21.8 Å². The van der Waals surface area contributed by atoms with Crippen molar-refractivity contribution in [2.24, 2.45) is 0 Å². The minimum Gasteiger partial charge on any atom is -0.478 e. The summed E-state index contributed by atoms with van der Waals surface area (Å²) in [5.41, 5.74) is 2.11. The zero-order valence-electron chi connectivity index (χ0n) is 14.8. The molecule has 0 spiro atoms. The Morgan fingerprint density at radius 2 is 1.86 bits per heavy atom. The number of carboxylic acids is 1. The van der Waals surface area contributed by atoms with E-state index in [4.69, 9.17) is 5.11 Å². The summed E-state index contributed by atoms with van der Waals surface area (Å²) in [6, 6.07) is 14.3. The number of para-hydroxylation sites is 1. The van der Waals surface area contributed by atoms with Gasteiger partial charge in [0.2, 0.25) is 5.95 Å². The molecule has 0 aliphatic carbocycles. The highest BCUT2D eigenvalue weighted by Crippen LogP contribution is 2.30. The van der Waals surface area contributed by atoms with Gasteiger partial charge in [-0.05, 0) is 24.3 Å². The molecule has 0 saturated heterocycles. The quantitative estimate of drug-likeness (QED) is 0.380. The second-order valence-electron chi connectivity index (χ2n) is 6.09. The second kappa shape index (κ2) is 7.45. The number of aliphatic hydroxyl groups excluding tert-OH is 1. The molecule has 0 atom stereocenters. The largest absolute Gasteiger partial charge is 0.478 e. The van der Waals surface area contributed by atoms with Crippen molar-refractivity contribution in [2.45, 2.75) is 0 Å². The first kappa shape index (κ1) is 17.6. The van der Waals surface area contributed by atoms with E-state index in [1.807, 2.05) is 30.3 Å². The highest BCUT2D eigenvalue weighted by atomic mass is 16.4. The number of anilines is 3. The monoisotopic (exact) mass is 375 g/mol. The Bertz CT molecular complexity index is 1160. The molecule has 0 unspecified atom stereocenters. The number of aromatic carboxylic acids is 1. The molecule has 2 aromatic heterocycles. The topological polar surface area (TPSA) is 120 Å². The normalized spacial score (nSPS) is 10.9. The number of benzene rings is 2. The molecule has 28 heavy (non-hydrogen) atoms. The molecule has 4 aromatic rings. The fourth-order valence-corrected chi connectivity index (χ4v) is 2.92. The molecule has 0 saturated carbocycles. The van der Waals surface area contributed by atoms with Crippen LogP contribution in [0.4, 0.5) is 17.5 Å².